The summed E-state index contributed by atoms with van der Waals surface area (Å²) in [5.41, 5.74) is 0.0611. The van der Waals surface area contributed by atoms with Crippen molar-refractivity contribution in [3.05, 3.63) is 35.9 Å². The first-order valence-electron chi connectivity index (χ1n) is 8.39. The molecule has 1 aliphatic heterocycles. The normalized spacial score (nSPS) is 20.2. The number of halogens is 2. The first-order chi connectivity index (χ1) is 12.2. The minimum Gasteiger partial charge on any atom is -0.445 e. The molecule has 0 bridgehead atoms. The zero-order chi connectivity index (χ0) is 19.3. The Hall–Kier alpha value is -2.38. The number of alkyl halides is 2. The lowest BCUT2D eigenvalue weighted by Gasteiger charge is -2.23. The molecule has 0 radical (unpaired) electrons. The standard InChI is InChI=1S/C18H24F2N2O4/c1-18(2,3)26-16(23)21-14-10-22(9-13(14)15(19)20)17(24)25-11-12-7-5-4-6-8-12/h4-8,13-15H,9-11H2,1-3H3,(H,21,23)/t13-,14-/m0/s1. The summed E-state index contributed by atoms with van der Waals surface area (Å²) in [5, 5.41) is 2.43. The van der Waals surface area contributed by atoms with E-state index in [0.717, 1.165) is 5.56 Å². The molecule has 6 nitrogen and oxygen atoms in total. The first kappa shape index (κ1) is 19.9. The van der Waals surface area contributed by atoms with Gasteiger partial charge in [0.25, 0.3) is 0 Å². The Morgan fingerprint density at radius 2 is 1.88 bits per heavy atom. The molecule has 0 saturated carbocycles. The van der Waals surface area contributed by atoms with E-state index in [1.165, 1.54) is 4.90 Å². The van der Waals surface area contributed by atoms with E-state index in [-0.39, 0.29) is 19.7 Å². The maximum atomic E-state index is 13.3. The summed E-state index contributed by atoms with van der Waals surface area (Å²) < 4.78 is 36.9. The van der Waals surface area contributed by atoms with Crippen molar-refractivity contribution in [2.75, 3.05) is 13.1 Å². The van der Waals surface area contributed by atoms with Crippen molar-refractivity contribution >= 4 is 12.2 Å². The summed E-state index contributed by atoms with van der Waals surface area (Å²) in [6.45, 7) is 4.85. The van der Waals surface area contributed by atoms with E-state index in [1.54, 1.807) is 32.9 Å². The molecule has 2 rings (SSSR count). The fraction of sp³-hybridized carbons (Fsp3) is 0.556. The SMILES string of the molecule is CC(C)(C)OC(=O)N[C@H]1CN(C(=O)OCc2ccccc2)C[C@@H]1C(F)F. The summed E-state index contributed by atoms with van der Waals surface area (Å²) in [6, 6.07) is 8.16. The van der Waals surface area contributed by atoms with E-state index < -0.39 is 36.2 Å². The molecule has 2 amide bonds. The lowest BCUT2D eigenvalue weighted by Crippen LogP contribution is -2.45. The number of carbonyl (C=O) groups is 2. The first-order valence-corrected chi connectivity index (χ1v) is 8.39. The van der Waals surface area contributed by atoms with Crippen LogP contribution in [-0.4, -0.2) is 48.2 Å². The molecular weight excluding hydrogens is 346 g/mol. The number of alkyl carbamates (subject to hydrolysis) is 1. The molecule has 1 aromatic carbocycles. The van der Waals surface area contributed by atoms with Crippen LogP contribution in [0.1, 0.15) is 26.3 Å². The van der Waals surface area contributed by atoms with Gasteiger partial charge in [-0.1, -0.05) is 30.3 Å². The number of nitrogens with one attached hydrogen (secondary N) is 1. The average Bonchev–Trinajstić information content (AvgIpc) is 2.95. The third kappa shape index (κ3) is 5.86. The van der Waals surface area contributed by atoms with Crippen molar-refractivity contribution in [2.24, 2.45) is 5.92 Å². The Morgan fingerprint density at radius 3 is 2.46 bits per heavy atom. The maximum Gasteiger partial charge on any atom is 0.410 e. The number of amides is 2. The average molecular weight is 370 g/mol. The van der Waals surface area contributed by atoms with Crippen LogP contribution >= 0.6 is 0 Å². The highest BCUT2D eigenvalue weighted by atomic mass is 19.3. The molecule has 144 valence electrons. The number of carbonyl (C=O) groups excluding carboxylic acids is 2. The topological polar surface area (TPSA) is 67.9 Å². The summed E-state index contributed by atoms with van der Waals surface area (Å²) in [7, 11) is 0. The van der Waals surface area contributed by atoms with Crippen LogP contribution in [0.3, 0.4) is 0 Å². The van der Waals surface area contributed by atoms with Crippen molar-refractivity contribution in [2.45, 2.75) is 45.4 Å². The van der Waals surface area contributed by atoms with Gasteiger partial charge in [-0.2, -0.15) is 0 Å². The Morgan fingerprint density at radius 1 is 1.23 bits per heavy atom. The second-order valence-electron chi connectivity index (χ2n) is 7.20. The van der Waals surface area contributed by atoms with E-state index in [9.17, 15) is 18.4 Å². The van der Waals surface area contributed by atoms with Gasteiger partial charge in [-0.05, 0) is 26.3 Å². The highest BCUT2D eigenvalue weighted by molar-refractivity contribution is 5.70. The van der Waals surface area contributed by atoms with Crippen LogP contribution in [0.2, 0.25) is 0 Å². The van der Waals surface area contributed by atoms with Crippen LogP contribution in [0.15, 0.2) is 30.3 Å². The quantitative estimate of drug-likeness (QED) is 0.882. The molecule has 1 N–H and O–H groups in total. The van der Waals surface area contributed by atoms with Crippen LogP contribution in [0.5, 0.6) is 0 Å². The molecule has 1 fully saturated rings. The highest BCUT2D eigenvalue weighted by Gasteiger charge is 2.42. The van der Waals surface area contributed by atoms with Crippen LogP contribution in [0.4, 0.5) is 18.4 Å². The number of ether oxygens (including phenoxy) is 2. The summed E-state index contributed by atoms with van der Waals surface area (Å²) >= 11 is 0. The van der Waals surface area contributed by atoms with Crippen LogP contribution in [0, 0.1) is 5.92 Å². The second kappa shape index (κ2) is 8.33. The van der Waals surface area contributed by atoms with E-state index >= 15 is 0 Å². The monoisotopic (exact) mass is 370 g/mol. The molecule has 1 aromatic rings. The van der Waals surface area contributed by atoms with Gasteiger partial charge >= 0.3 is 12.2 Å². The molecule has 0 spiro atoms. The molecule has 0 aromatic heterocycles. The van der Waals surface area contributed by atoms with Gasteiger partial charge in [-0.25, -0.2) is 18.4 Å². The maximum absolute atomic E-state index is 13.3. The minimum absolute atomic E-state index is 0.0537. The molecule has 0 unspecified atom stereocenters. The molecule has 26 heavy (non-hydrogen) atoms. The smallest absolute Gasteiger partial charge is 0.410 e. The van der Waals surface area contributed by atoms with Crippen LogP contribution < -0.4 is 5.32 Å². The second-order valence-corrected chi connectivity index (χ2v) is 7.20. The largest absolute Gasteiger partial charge is 0.445 e. The van der Waals surface area contributed by atoms with Crippen LogP contribution in [-0.2, 0) is 16.1 Å². The summed E-state index contributed by atoms with van der Waals surface area (Å²) in [5.74, 6) is -1.17. The van der Waals surface area contributed by atoms with Crippen molar-refractivity contribution in [1.82, 2.24) is 10.2 Å². The number of benzene rings is 1. The van der Waals surface area contributed by atoms with Crippen molar-refractivity contribution < 1.29 is 27.8 Å². The summed E-state index contributed by atoms with van der Waals surface area (Å²) in [6.07, 6.45) is -4.15. The predicted octanol–water partition coefficient (Wildman–Crippen LogP) is 3.41. The van der Waals surface area contributed by atoms with E-state index in [2.05, 4.69) is 5.32 Å². The molecule has 8 heteroatoms. The lowest BCUT2D eigenvalue weighted by molar-refractivity contribution is 0.0407. The lowest BCUT2D eigenvalue weighted by atomic mass is 10.1. The minimum atomic E-state index is -2.68. The fourth-order valence-electron chi connectivity index (χ4n) is 2.66. The molecule has 1 aliphatic rings. The molecule has 1 saturated heterocycles. The van der Waals surface area contributed by atoms with Gasteiger partial charge in [0, 0.05) is 13.1 Å². The third-order valence-electron chi connectivity index (χ3n) is 3.85. The Labute approximate surface area is 151 Å². The number of hydrogen-bond acceptors (Lipinski definition) is 4. The van der Waals surface area contributed by atoms with Gasteiger partial charge in [0.1, 0.15) is 12.2 Å². The summed E-state index contributed by atoms with van der Waals surface area (Å²) in [4.78, 5) is 25.2. The van der Waals surface area contributed by atoms with Gasteiger partial charge in [0.2, 0.25) is 6.43 Å². The van der Waals surface area contributed by atoms with Crippen molar-refractivity contribution in [3.63, 3.8) is 0 Å². The molecule has 1 heterocycles. The van der Waals surface area contributed by atoms with Gasteiger partial charge < -0.3 is 19.7 Å². The third-order valence-corrected chi connectivity index (χ3v) is 3.85. The number of hydrogen-bond donors (Lipinski definition) is 1. The molecule has 2 atom stereocenters. The Bertz CT molecular complexity index is 619. The predicted molar refractivity (Wildman–Crippen MR) is 90.9 cm³/mol. The van der Waals surface area contributed by atoms with Crippen molar-refractivity contribution in [1.29, 1.82) is 0 Å². The number of nitrogens with zero attached hydrogens (tertiary/aromatic N) is 1. The Kier molecular flexibility index (Phi) is 6.39. The molecular formula is C18H24F2N2O4. The van der Waals surface area contributed by atoms with Gasteiger partial charge in [-0.3, -0.25) is 0 Å². The number of likely N-dealkylation sites (tertiary alicyclic amines) is 1. The van der Waals surface area contributed by atoms with Gasteiger partial charge in [0.05, 0.1) is 12.0 Å². The van der Waals surface area contributed by atoms with E-state index in [0.29, 0.717) is 0 Å². The zero-order valence-corrected chi connectivity index (χ0v) is 15.1. The molecule has 0 aliphatic carbocycles. The zero-order valence-electron chi connectivity index (χ0n) is 15.1. The van der Waals surface area contributed by atoms with Crippen LogP contribution in [0.25, 0.3) is 0 Å². The highest BCUT2D eigenvalue weighted by Crippen LogP contribution is 2.25. The number of rotatable bonds is 4. The Balaban J connectivity index is 1.92. The fourth-order valence-corrected chi connectivity index (χ4v) is 2.66. The van der Waals surface area contributed by atoms with Crippen molar-refractivity contribution in [3.8, 4) is 0 Å². The van der Waals surface area contributed by atoms with Gasteiger partial charge in [-0.15, -0.1) is 0 Å². The van der Waals surface area contributed by atoms with E-state index in [1.807, 2.05) is 18.2 Å². The van der Waals surface area contributed by atoms with Gasteiger partial charge in [0.15, 0.2) is 0 Å². The van der Waals surface area contributed by atoms with E-state index in [4.69, 9.17) is 9.47 Å².